The lowest BCUT2D eigenvalue weighted by molar-refractivity contribution is -0.143. The monoisotopic (exact) mass is 261 g/mol. The van der Waals surface area contributed by atoms with E-state index in [2.05, 4.69) is 21.9 Å². The number of esters is 1. The molecule has 0 N–H and O–H groups in total. The van der Waals surface area contributed by atoms with Crippen LogP contribution in [0.5, 0.6) is 0 Å². The minimum Gasteiger partial charge on any atom is -0.468 e. The van der Waals surface area contributed by atoms with Gasteiger partial charge in [0.05, 0.1) is 7.11 Å². The number of hydrogen-bond donors (Lipinski definition) is 0. The molecule has 2 heterocycles. The molecular formula is C14H19N3O2. The molecule has 5 heteroatoms. The number of methoxy groups -OCH3 is 1. The number of likely N-dealkylation sites (tertiary alicyclic amines) is 1. The number of ether oxygens (including phenoxy) is 1. The lowest BCUT2D eigenvalue weighted by Gasteiger charge is -2.14. The summed E-state index contributed by atoms with van der Waals surface area (Å²) in [6.45, 7) is 2.13. The molecule has 0 bridgehead atoms. The zero-order valence-corrected chi connectivity index (χ0v) is 11.4. The predicted octanol–water partition coefficient (Wildman–Crippen LogP) is 1.10. The Morgan fingerprint density at radius 1 is 1.53 bits per heavy atom. The molecule has 1 aromatic heterocycles. The van der Waals surface area contributed by atoms with Crippen LogP contribution in [0.3, 0.4) is 0 Å². The zero-order valence-electron chi connectivity index (χ0n) is 11.4. The highest BCUT2D eigenvalue weighted by Crippen LogP contribution is 2.47. The normalized spacial score (nSPS) is 25.3. The maximum atomic E-state index is 11.9. The fourth-order valence-electron chi connectivity index (χ4n) is 2.85. The van der Waals surface area contributed by atoms with Gasteiger partial charge in [0.25, 0.3) is 0 Å². The number of carbonyl (C=O) groups is 1. The van der Waals surface area contributed by atoms with Crippen LogP contribution >= 0.6 is 0 Å². The Labute approximate surface area is 113 Å². The third kappa shape index (κ3) is 2.12. The van der Waals surface area contributed by atoms with E-state index < -0.39 is 5.41 Å². The van der Waals surface area contributed by atoms with E-state index in [-0.39, 0.29) is 5.97 Å². The van der Waals surface area contributed by atoms with Crippen molar-refractivity contribution in [3.8, 4) is 0 Å². The van der Waals surface area contributed by atoms with Crippen molar-refractivity contribution < 1.29 is 9.53 Å². The predicted molar refractivity (Wildman–Crippen MR) is 69.8 cm³/mol. The van der Waals surface area contributed by atoms with E-state index in [4.69, 9.17) is 4.74 Å². The van der Waals surface area contributed by atoms with Gasteiger partial charge in [-0.25, -0.2) is 9.97 Å². The van der Waals surface area contributed by atoms with Crippen LogP contribution in [0, 0.1) is 0 Å². The molecule has 102 valence electrons. The second-order valence-electron chi connectivity index (χ2n) is 5.63. The summed E-state index contributed by atoms with van der Waals surface area (Å²) in [5.41, 5.74) is 0.499. The van der Waals surface area contributed by atoms with Crippen molar-refractivity contribution in [2.24, 2.45) is 0 Å². The Hall–Kier alpha value is -1.49. The van der Waals surface area contributed by atoms with Crippen molar-refractivity contribution in [2.75, 3.05) is 27.2 Å². The van der Waals surface area contributed by atoms with Gasteiger partial charge >= 0.3 is 5.97 Å². The molecule has 1 aromatic rings. The van der Waals surface area contributed by atoms with E-state index in [1.54, 1.807) is 6.20 Å². The third-order valence-electron chi connectivity index (χ3n) is 4.24. The Balaban J connectivity index is 1.86. The van der Waals surface area contributed by atoms with Gasteiger partial charge in [0.15, 0.2) is 0 Å². The minimum absolute atomic E-state index is 0.201. The van der Waals surface area contributed by atoms with Crippen LogP contribution in [-0.2, 0) is 14.9 Å². The summed E-state index contributed by atoms with van der Waals surface area (Å²) < 4.78 is 4.89. The first kappa shape index (κ1) is 12.5. The maximum absolute atomic E-state index is 11.9. The van der Waals surface area contributed by atoms with Crippen LogP contribution in [-0.4, -0.2) is 48.1 Å². The average Bonchev–Trinajstić information content (AvgIpc) is 3.15. The second kappa shape index (κ2) is 4.56. The van der Waals surface area contributed by atoms with Gasteiger partial charge in [0, 0.05) is 24.4 Å². The molecule has 2 fully saturated rings. The summed E-state index contributed by atoms with van der Waals surface area (Å²) >= 11 is 0. The number of hydrogen-bond acceptors (Lipinski definition) is 5. The summed E-state index contributed by atoms with van der Waals surface area (Å²) in [6, 6.07) is 1.97. The van der Waals surface area contributed by atoms with Crippen LogP contribution < -0.4 is 0 Å². The number of nitrogens with zero attached hydrogens (tertiary/aromatic N) is 3. The molecule has 2 aliphatic rings. The van der Waals surface area contributed by atoms with Crippen molar-refractivity contribution >= 4 is 5.97 Å². The molecule has 1 unspecified atom stereocenters. The fraction of sp³-hybridized carbons (Fsp3) is 0.643. The van der Waals surface area contributed by atoms with E-state index >= 15 is 0 Å². The Kier molecular flexibility index (Phi) is 3.01. The lowest BCUT2D eigenvalue weighted by Crippen LogP contribution is -2.25. The van der Waals surface area contributed by atoms with Crippen LogP contribution in [0.1, 0.15) is 36.7 Å². The first-order chi connectivity index (χ1) is 9.15. The average molecular weight is 261 g/mol. The molecule has 5 nitrogen and oxygen atoms in total. The maximum Gasteiger partial charge on any atom is 0.319 e. The molecule has 0 radical (unpaired) electrons. The number of aromatic nitrogens is 2. The van der Waals surface area contributed by atoms with Gasteiger partial charge in [-0.15, -0.1) is 0 Å². The molecule has 1 atom stereocenters. The van der Waals surface area contributed by atoms with Gasteiger partial charge < -0.3 is 9.64 Å². The number of likely N-dealkylation sites (N-methyl/N-ethyl adjacent to an activating group) is 1. The van der Waals surface area contributed by atoms with Gasteiger partial charge in [-0.05, 0) is 38.9 Å². The molecule has 1 saturated carbocycles. The SMILES string of the molecule is COC(=O)C1(c2nccc(C3CCN(C)C3)n2)CC1. The molecule has 0 aromatic carbocycles. The summed E-state index contributed by atoms with van der Waals surface area (Å²) in [6.07, 6.45) is 4.50. The standard InChI is InChI=1S/C14H19N3O2/c1-17-8-4-10(9-17)11-3-7-15-12(16-11)14(5-6-14)13(18)19-2/h3,7,10H,4-6,8-9H2,1-2H3. The molecule has 1 aliphatic carbocycles. The molecule has 1 aliphatic heterocycles. The molecule has 19 heavy (non-hydrogen) atoms. The smallest absolute Gasteiger partial charge is 0.319 e. The van der Waals surface area contributed by atoms with Gasteiger partial charge in [0.2, 0.25) is 0 Å². The van der Waals surface area contributed by atoms with Gasteiger partial charge in [0.1, 0.15) is 11.2 Å². The summed E-state index contributed by atoms with van der Waals surface area (Å²) in [5.74, 6) is 0.903. The fourth-order valence-corrected chi connectivity index (χ4v) is 2.85. The van der Waals surface area contributed by atoms with E-state index in [1.165, 1.54) is 7.11 Å². The highest BCUT2D eigenvalue weighted by atomic mass is 16.5. The quantitative estimate of drug-likeness (QED) is 0.763. The molecular weight excluding hydrogens is 242 g/mol. The summed E-state index contributed by atoms with van der Waals surface area (Å²) in [4.78, 5) is 23.1. The van der Waals surface area contributed by atoms with Crippen LogP contribution in [0.15, 0.2) is 12.3 Å². The molecule has 1 saturated heterocycles. The van der Waals surface area contributed by atoms with Crippen LogP contribution in [0.25, 0.3) is 0 Å². The Morgan fingerprint density at radius 2 is 2.32 bits per heavy atom. The topological polar surface area (TPSA) is 55.3 Å². The first-order valence-electron chi connectivity index (χ1n) is 6.76. The lowest BCUT2D eigenvalue weighted by atomic mass is 10.0. The van der Waals surface area contributed by atoms with Crippen LogP contribution in [0.4, 0.5) is 0 Å². The molecule has 0 spiro atoms. The zero-order chi connectivity index (χ0) is 13.5. The van der Waals surface area contributed by atoms with E-state index in [0.29, 0.717) is 11.7 Å². The summed E-state index contributed by atoms with van der Waals surface area (Å²) in [7, 11) is 3.55. The third-order valence-corrected chi connectivity index (χ3v) is 4.24. The Morgan fingerprint density at radius 3 is 2.89 bits per heavy atom. The first-order valence-corrected chi connectivity index (χ1v) is 6.76. The van der Waals surface area contributed by atoms with E-state index in [1.807, 2.05) is 6.07 Å². The number of carbonyl (C=O) groups excluding carboxylic acids is 1. The van der Waals surface area contributed by atoms with E-state index in [9.17, 15) is 4.79 Å². The van der Waals surface area contributed by atoms with Crippen molar-refractivity contribution in [3.63, 3.8) is 0 Å². The van der Waals surface area contributed by atoms with Crippen molar-refractivity contribution in [3.05, 3.63) is 23.8 Å². The van der Waals surface area contributed by atoms with Gasteiger partial charge in [-0.3, -0.25) is 4.79 Å². The highest BCUT2D eigenvalue weighted by molar-refractivity contribution is 5.85. The van der Waals surface area contributed by atoms with Crippen molar-refractivity contribution in [1.82, 2.24) is 14.9 Å². The summed E-state index contributed by atoms with van der Waals surface area (Å²) in [5, 5.41) is 0. The van der Waals surface area contributed by atoms with Crippen LogP contribution in [0.2, 0.25) is 0 Å². The van der Waals surface area contributed by atoms with E-state index in [0.717, 1.165) is 38.0 Å². The second-order valence-corrected chi connectivity index (χ2v) is 5.63. The Bertz CT molecular complexity index is 499. The van der Waals surface area contributed by atoms with Gasteiger partial charge in [-0.2, -0.15) is 0 Å². The van der Waals surface area contributed by atoms with Crippen molar-refractivity contribution in [2.45, 2.75) is 30.6 Å². The molecule has 0 amide bonds. The molecule has 3 rings (SSSR count). The largest absolute Gasteiger partial charge is 0.468 e. The van der Waals surface area contributed by atoms with Gasteiger partial charge in [-0.1, -0.05) is 0 Å². The highest BCUT2D eigenvalue weighted by Gasteiger charge is 2.55. The number of rotatable bonds is 3. The minimum atomic E-state index is -0.560. The van der Waals surface area contributed by atoms with Crippen molar-refractivity contribution in [1.29, 1.82) is 0 Å².